The topological polar surface area (TPSA) is 217 Å². The number of imide groups is 1. The number of hydrogen-bond acceptors (Lipinski definition) is 10. The average molecular weight is 631 g/mol. The smallest absolute Gasteiger partial charge is 0.335 e. The van der Waals surface area contributed by atoms with E-state index in [0.29, 0.717) is 10.0 Å². The van der Waals surface area contributed by atoms with Crippen LogP contribution in [0.25, 0.3) is 0 Å². The number of benzene rings is 1. The predicted octanol–water partition coefficient (Wildman–Crippen LogP) is 0.128. The molecule has 234 valence electrons. The van der Waals surface area contributed by atoms with Gasteiger partial charge >= 0.3 is 11.9 Å². The molecule has 0 radical (unpaired) electrons. The van der Waals surface area contributed by atoms with Gasteiger partial charge in [0.25, 0.3) is 11.8 Å². The van der Waals surface area contributed by atoms with Crippen molar-refractivity contribution >= 4 is 59.0 Å². The van der Waals surface area contributed by atoms with Crippen molar-refractivity contribution in [3.63, 3.8) is 0 Å². The molecule has 2 atom stereocenters. The average Bonchev–Trinajstić information content (AvgIpc) is 3.60. The summed E-state index contributed by atoms with van der Waals surface area (Å²) in [6, 6.07) is 3.71. The largest absolute Gasteiger partial charge is 0.480 e. The summed E-state index contributed by atoms with van der Waals surface area (Å²) in [5.74, 6) is -7.76. The first-order valence-corrected chi connectivity index (χ1v) is 14.2. The van der Waals surface area contributed by atoms with Crippen molar-refractivity contribution in [3.05, 3.63) is 59.0 Å². The van der Waals surface area contributed by atoms with Gasteiger partial charge in [-0.2, -0.15) is 5.01 Å². The molecule has 2 aliphatic rings. The second-order valence-electron chi connectivity index (χ2n) is 9.53. The van der Waals surface area contributed by atoms with Gasteiger partial charge in [-0.3, -0.25) is 33.6 Å². The summed E-state index contributed by atoms with van der Waals surface area (Å²) < 4.78 is 3.85. The molecule has 16 heteroatoms. The number of ether oxygens (including phenoxy) is 1. The number of Topliss-reactive ketones (excluding diaryl/α,β-unsaturated/α-hetero) is 1. The summed E-state index contributed by atoms with van der Waals surface area (Å²) in [7, 11) is 0. The molecule has 0 aliphatic carbocycles. The molecule has 0 bridgehead atoms. The Kier molecular flexibility index (Phi) is 11.5. The quantitative estimate of drug-likeness (QED) is 0.109. The maximum absolute atomic E-state index is 14.1. The Bertz CT molecular complexity index is 1400. The normalized spacial score (nSPS) is 17.8. The maximum atomic E-state index is 14.1. The van der Waals surface area contributed by atoms with Crippen LogP contribution < -0.4 is 10.6 Å². The molecule has 1 aromatic rings. The van der Waals surface area contributed by atoms with Gasteiger partial charge in [0.2, 0.25) is 17.7 Å². The Morgan fingerprint density at radius 3 is 2.32 bits per heavy atom. The number of thioether (sulfide) groups is 1. The fourth-order valence-corrected chi connectivity index (χ4v) is 5.52. The maximum Gasteiger partial charge on any atom is 0.335 e. The number of carboxylic acid groups (broad SMARTS) is 2. The van der Waals surface area contributed by atoms with Crippen molar-refractivity contribution in [1.29, 1.82) is 0 Å². The first-order chi connectivity index (χ1) is 20.9. The number of allylic oxidation sites excluding steroid dienone is 1. The van der Waals surface area contributed by atoms with Gasteiger partial charge in [-0.1, -0.05) is 18.2 Å². The first kappa shape index (κ1) is 33.7. The molecule has 0 fully saturated rings. The molecule has 0 spiro atoms. The van der Waals surface area contributed by atoms with Gasteiger partial charge in [0, 0.05) is 37.4 Å². The van der Waals surface area contributed by atoms with E-state index in [1.807, 2.05) is 0 Å². The Hall–Kier alpha value is -4.83. The van der Waals surface area contributed by atoms with Crippen molar-refractivity contribution in [2.75, 3.05) is 26.3 Å². The summed E-state index contributed by atoms with van der Waals surface area (Å²) >= 11 is 1.01. The molecule has 2 aliphatic heterocycles. The van der Waals surface area contributed by atoms with Gasteiger partial charge in [-0.25, -0.2) is 9.80 Å². The van der Waals surface area contributed by atoms with Crippen LogP contribution in [0.15, 0.2) is 47.9 Å². The van der Waals surface area contributed by atoms with E-state index in [9.17, 15) is 43.5 Å². The van der Waals surface area contributed by atoms with Gasteiger partial charge in [0.05, 0.1) is 23.3 Å². The Morgan fingerprint density at radius 1 is 1.05 bits per heavy atom. The third kappa shape index (κ3) is 8.17. The van der Waals surface area contributed by atoms with Crippen LogP contribution in [0, 0.1) is 0 Å². The summed E-state index contributed by atoms with van der Waals surface area (Å²) in [5, 5.41) is 25.2. The van der Waals surface area contributed by atoms with Crippen LogP contribution in [0.5, 0.6) is 0 Å². The minimum absolute atomic E-state index is 0.0217. The lowest BCUT2D eigenvalue weighted by Gasteiger charge is -2.38. The number of amides is 5. The third-order valence-corrected chi connectivity index (χ3v) is 7.79. The molecule has 0 saturated carbocycles. The lowest BCUT2D eigenvalue weighted by atomic mass is 9.89. The molecular weight excluding hydrogens is 600 g/mol. The number of hydrogen-bond donors (Lipinski definition) is 4. The van der Waals surface area contributed by atoms with Crippen molar-refractivity contribution in [2.45, 2.75) is 37.0 Å². The van der Waals surface area contributed by atoms with E-state index in [4.69, 9.17) is 9.84 Å². The van der Waals surface area contributed by atoms with E-state index < -0.39 is 77.6 Å². The minimum atomic E-state index is -1.57. The highest BCUT2D eigenvalue weighted by Crippen LogP contribution is 2.43. The van der Waals surface area contributed by atoms with Crippen molar-refractivity contribution in [2.24, 2.45) is 0 Å². The molecule has 4 N–H and O–H groups in total. The number of nitrogens with zero attached hydrogens (tertiary/aromatic N) is 2. The highest BCUT2D eigenvalue weighted by molar-refractivity contribution is 8.04. The van der Waals surface area contributed by atoms with Gasteiger partial charge in [-0.05, 0) is 30.9 Å². The van der Waals surface area contributed by atoms with Crippen LogP contribution >= 0.6 is 11.8 Å². The summed E-state index contributed by atoms with van der Waals surface area (Å²) in [6.45, 7) is 0.434. The predicted molar refractivity (Wildman–Crippen MR) is 153 cm³/mol. The monoisotopic (exact) mass is 630 g/mol. The van der Waals surface area contributed by atoms with Crippen molar-refractivity contribution < 1.29 is 53.3 Å². The number of hydrazine groups is 1. The number of carboxylic acids is 2. The van der Waals surface area contributed by atoms with Crippen molar-refractivity contribution in [1.82, 2.24) is 20.7 Å². The number of aromatic carboxylic acids is 1. The Balaban J connectivity index is 1.96. The molecule has 2 unspecified atom stereocenters. The lowest BCUT2D eigenvalue weighted by molar-refractivity contribution is -0.175. The van der Waals surface area contributed by atoms with Crippen LogP contribution in [0.3, 0.4) is 0 Å². The van der Waals surface area contributed by atoms with E-state index in [0.717, 1.165) is 23.9 Å². The molecular formula is C28H30N4O11S. The van der Waals surface area contributed by atoms with Crippen LogP contribution in [-0.4, -0.2) is 105 Å². The SMILES string of the molecule is CCOCCC(C(=O)NCC(=O)NCC(=O)O)N(C(=O)CC1(C(=O)c2cccc(C(=O)O)c2)CC=CS1)N1C(=O)C=CC1=O. The van der Waals surface area contributed by atoms with E-state index in [1.165, 1.54) is 24.3 Å². The zero-order chi connectivity index (χ0) is 32.4. The molecule has 15 nitrogen and oxygen atoms in total. The molecule has 3 rings (SSSR count). The Morgan fingerprint density at radius 2 is 1.73 bits per heavy atom. The number of carbonyl (C=O) groups excluding carboxylic acids is 6. The van der Waals surface area contributed by atoms with E-state index in [-0.39, 0.29) is 37.2 Å². The number of ketones is 1. The molecule has 1 aromatic carbocycles. The molecule has 0 saturated heterocycles. The number of nitrogens with one attached hydrogen (secondary N) is 2. The summed E-state index contributed by atoms with van der Waals surface area (Å²) in [4.78, 5) is 101. The fraction of sp³-hybridized carbons (Fsp3) is 0.357. The molecule has 5 amide bonds. The van der Waals surface area contributed by atoms with Gasteiger partial charge < -0.3 is 25.6 Å². The van der Waals surface area contributed by atoms with Crippen LogP contribution in [0.1, 0.15) is 46.9 Å². The van der Waals surface area contributed by atoms with Gasteiger partial charge in [-0.15, -0.1) is 11.8 Å². The minimum Gasteiger partial charge on any atom is -0.480 e. The van der Waals surface area contributed by atoms with Gasteiger partial charge in [0.1, 0.15) is 12.6 Å². The highest BCUT2D eigenvalue weighted by Gasteiger charge is 2.47. The third-order valence-electron chi connectivity index (χ3n) is 6.51. The lowest BCUT2D eigenvalue weighted by Crippen LogP contribution is -2.61. The number of aliphatic carboxylic acids is 1. The van der Waals surface area contributed by atoms with E-state index >= 15 is 0 Å². The van der Waals surface area contributed by atoms with Crippen molar-refractivity contribution in [3.8, 4) is 0 Å². The fourth-order valence-electron chi connectivity index (χ4n) is 4.44. The van der Waals surface area contributed by atoms with Crippen LogP contribution in [-0.2, 0) is 33.5 Å². The van der Waals surface area contributed by atoms with Gasteiger partial charge in [0.15, 0.2) is 5.78 Å². The van der Waals surface area contributed by atoms with Crippen LogP contribution in [0.2, 0.25) is 0 Å². The highest BCUT2D eigenvalue weighted by atomic mass is 32.2. The molecule has 2 heterocycles. The van der Waals surface area contributed by atoms with E-state index in [2.05, 4.69) is 10.6 Å². The van der Waals surface area contributed by atoms with Crippen LogP contribution in [0.4, 0.5) is 0 Å². The Labute approximate surface area is 255 Å². The standard InChI is InChI=1S/C28H30N4O11S/c1-2-43-11-9-19(26(40)30-15-20(33)29-16-24(37)38)31(32-21(34)7-8-22(32)35)23(36)14-28(10-4-12-44-28)25(39)17-5-3-6-18(13-17)27(41)42/h3-8,12-13,19H,2,9-11,14-16H2,1H3,(H,29,33)(H,30,40)(H,37,38)(H,41,42). The second-order valence-corrected chi connectivity index (χ2v) is 10.8. The molecule has 0 aromatic heterocycles. The van der Waals surface area contributed by atoms with E-state index in [1.54, 1.807) is 18.4 Å². The zero-order valence-corrected chi connectivity index (χ0v) is 24.3. The number of carbonyl (C=O) groups is 8. The number of rotatable bonds is 16. The second kappa shape index (κ2) is 15.1. The first-order valence-electron chi connectivity index (χ1n) is 13.3. The summed E-state index contributed by atoms with van der Waals surface area (Å²) in [6.07, 6.45) is 2.67. The summed E-state index contributed by atoms with van der Waals surface area (Å²) in [5.41, 5.74) is -0.122. The zero-order valence-electron chi connectivity index (χ0n) is 23.5. The molecule has 44 heavy (non-hydrogen) atoms.